The van der Waals surface area contributed by atoms with Crippen molar-refractivity contribution in [2.45, 2.75) is 24.8 Å². The number of amides is 2. The number of methoxy groups -OCH3 is 1. The minimum Gasteiger partial charge on any atom is -0.507 e. The smallest absolute Gasteiger partial charge is 0.257 e. The van der Waals surface area contributed by atoms with E-state index in [9.17, 15) is 14.7 Å². The van der Waals surface area contributed by atoms with Crippen LogP contribution in [0.3, 0.4) is 0 Å². The quantitative estimate of drug-likeness (QED) is 0.147. The van der Waals surface area contributed by atoms with Crippen LogP contribution in [0, 0.1) is 0 Å². The fourth-order valence-electron chi connectivity index (χ4n) is 6.63. The first kappa shape index (κ1) is 31.2. The Labute approximate surface area is 281 Å². The molecule has 4 aromatic rings. The molecule has 47 heavy (non-hydrogen) atoms. The lowest BCUT2D eigenvalue weighted by atomic mass is 9.95. The SMILES string of the molecule is COc1cc2c(cc1OCCOCCC(=O)N1C[C@@H](CCl)c3c1cc(O)c1ccccc31)N=C[C@@H]1CC(c3ccsc3)=CCN1C2=O. The van der Waals surface area contributed by atoms with Crippen molar-refractivity contribution in [3.8, 4) is 17.2 Å². The molecule has 0 bridgehead atoms. The predicted octanol–water partition coefficient (Wildman–Crippen LogP) is 6.78. The zero-order valence-electron chi connectivity index (χ0n) is 25.9. The van der Waals surface area contributed by atoms with Gasteiger partial charge in [0.1, 0.15) is 12.4 Å². The van der Waals surface area contributed by atoms with Gasteiger partial charge in [-0.25, -0.2) is 0 Å². The number of benzene rings is 3. The third-order valence-corrected chi connectivity index (χ3v) is 10.0. The minimum absolute atomic E-state index is 0.0208. The van der Waals surface area contributed by atoms with Crippen LogP contribution in [-0.4, -0.2) is 80.0 Å². The van der Waals surface area contributed by atoms with Crippen molar-refractivity contribution >= 4 is 68.7 Å². The second kappa shape index (κ2) is 13.4. The summed E-state index contributed by atoms with van der Waals surface area (Å²) in [5, 5.41) is 16.5. The number of carbonyl (C=O) groups excluding carboxylic acids is 2. The molecule has 0 unspecified atom stereocenters. The van der Waals surface area contributed by atoms with Crippen molar-refractivity contribution in [2.24, 2.45) is 4.99 Å². The number of nitrogens with zero attached hydrogens (tertiary/aromatic N) is 3. The number of halogens is 1. The minimum atomic E-state index is -0.138. The van der Waals surface area contributed by atoms with Gasteiger partial charge in [-0.15, -0.1) is 11.6 Å². The van der Waals surface area contributed by atoms with Gasteiger partial charge in [-0.1, -0.05) is 30.3 Å². The van der Waals surface area contributed by atoms with Gasteiger partial charge in [0.2, 0.25) is 5.91 Å². The molecule has 0 spiro atoms. The van der Waals surface area contributed by atoms with E-state index in [1.165, 1.54) is 18.2 Å². The van der Waals surface area contributed by atoms with Gasteiger partial charge in [0.15, 0.2) is 11.5 Å². The number of phenolic OH excluding ortho intramolecular Hbond substituents is 1. The normalized spacial score (nSPS) is 18.4. The number of thiophene rings is 1. The lowest BCUT2D eigenvalue weighted by molar-refractivity contribution is -0.119. The van der Waals surface area contributed by atoms with Crippen LogP contribution in [-0.2, 0) is 9.53 Å². The molecule has 1 N–H and O–H groups in total. The molecule has 0 saturated heterocycles. The van der Waals surface area contributed by atoms with Crippen LogP contribution < -0.4 is 14.4 Å². The van der Waals surface area contributed by atoms with Gasteiger partial charge in [-0.3, -0.25) is 14.6 Å². The lowest BCUT2D eigenvalue weighted by Gasteiger charge is -2.32. The van der Waals surface area contributed by atoms with Crippen LogP contribution in [0.1, 0.15) is 40.2 Å². The lowest BCUT2D eigenvalue weighted by Crippen LogP contribution is -2.43. The largest absolute Gasteiger partial charge is 0.507 e. The van der Waals surface area contributed by atoms with Crippen LogP contribution in [0.25, 0.3) is 16.3 Å². The summed E-state index contributed by atoms with van der Waals surface area (Å²) in [7, 11) is 1.54. The molecule has 3 aliphatic rings. The van der Waals surface area contributed by atoms with Gasteiger partial charge >= 0.3 is 0 Å². The number of rotatable bonds is 10. The van der Waals surface area contributed by atoms with Crippen LogP contribution in [0.4, 0.5) is 11.4 Å². The van der Waals surface area contributed by atoms with Crippen LogP contribution in [0.5, 0.6) is 17.2 Å². The average Bonchev–Trinajstić information content (AvgIpc) is 3.74. The molecular weight excluding hydrogens is 638 g/mol. The molecular formula is C36H34ClN3O6S. The molecule has 1 aromatic heterocycles. The van der Waals surface area contributed by atoms with Gasteiger partial charge in [-0.05, 0) is 51.4 Å². The highest BCUT2D eigenvalue weighted by Crippen LogP contribution is 2.45. The van der Waals surface area contributed by atoms with Crippen LogP contribution in [0.15, 0.2) is 70.4 Å². The molecule has 3 aromatic carbocycles. The first-order valence-corrected chi connectivity index (χ1v) is 17.0. The molecule has 9 nitrogen and oxygen atoms in total. The zero-order valence-corrected chi connectivity index (χ0v) is 27.4. The number of carbonyl (C=O) groups is 2. The van der Waals surface area contributed by atoms with Crippen molar-refractivity contribution in [3.05, 3.63) is 82.1 Å². The van der Waals surface area contributed by atoms with Crippen LogP contribution in [0.2, 0.25) is 0 Å². The van der Waals surface area contributed by atoms with Crippen molar-refractivity contribution in [2.75, 3.05) is 50.8 Å². The summed E-state index contributed by atoms with van der Waals surface area (Å²) < 4.78 is 17.3. The third-order valence-electron chi connectivity index (χ3n) is 8.99. The Kier molecular flexibility index (Phi) is 8.90. The molecule has 2 atom stereocenters. The molecule has 11 heteroatoms. The Morgan fingerprint density at radius 2 is 1.96 bits per heavy atom. The fourth-order valence-corrected chi connectivity index (χ4v) is 7.56. The highest BCUT2D eigenvalue weighted by molar-refractivity contribution is 7.08. The van der Waals surface area contributed by atoms with E-state index in [1.54, 1.807) is 34.4 Å². The Hall–Kier alpha value is -4.38. The van der Waals surface area contributed by atoms with Gasteiger partial charge in [0.05, 0.1) is 49.7 Å². The standard InChI is InChI=1S/C36H34ClN3O6S/c1-44-32-15-28-29(38-19-25-14-22(23-8-13-47-21-23)6-9-39(25)36(28)43)16-33(32)46-12-11-45-10-7-34(42)40-20-24(18-37)35-27-5-3-2-4-26(27)31(41)17-30(35)40/h2-6,8,13,15-17,19,21,24-25,41H,7,9-12,14,18,20H2,1H3/t24-,25+/m1/s1. The van der Waals surface area contributed by atoms with Crippen molar-refractivity contribution in [3.63, 3.8) is 0 Å². The first-order chi connectivity index (χ1) is 23.0. The second-order valence-corrected chi connectivity index (χ2v) is 12.8. The zero-order chi connectivity index (χ0) is 32.5. The maximum Gasteiger partial charge on any atom is 0.257 e. The van der Waals surface area contributed by atoms with E-state index in [4.69, 9.17) is 30.8 Å². The van der Waals surface area contributed by atoms with E-state index in [1.807, 2.05) is 35.4 Å². The van der Waals surface area contributed by atoms with E-state index in [2.05, 4.69) is 22.9 Å². The molecule has 242 valence electrons. The molecule has 2 amide bonds. The number of hydrogen-bond acceptors (Lipinski definition) is 8. The Morgan fingerprint density at radius 3 is 2.74 bits per heavy atom. The van der Waals surface area contributed by atoms with E-state index in [0.717, 1.165) is 16.3 Å². The monoisotopic (exact) mass is 671 g/mol. The van der Waals surface area contributed by atoms with E-state index in [-0.39, 0.29) is 55.8 Å². The molecule has 4 heterocycles. The Bertz CT molecular complexity index is 1890. The van der Waals surface area contributed by atoms with Crippen molar-refractivity contribution in [1.82, 2.24) is 4.90 Å². The Balaban J connectivity index is 0.953. The Morgan fingerprint density at radius 1 is 1.11 bits per heavy atom. The second-order valence-electron chi connectivity index (χ2n) is 11.7. The summed E-state index contributed by atoms with van der Waals surface area (Å²) in [5.74, 6) is 1.19. The summed E-state index contributed by atoms with van der Waals surface area (Å²) in [4.78, 5) is 35.0. The summed E-state index contributed by atoms with van der Waals surface area (Å²) in [6, 6.07) is 14.7. The van der Waals surface area contributed by atoms with E-state index in [0.29, 0.717) is 53.8 Å². The fraction of sp³-hybridized carbons (Fsp3) is 0.306. The highest BCUT2D eigenvalue weighted by Gasteiger charge is 2.35. The van der Waals surface area contributed by atoms with Gasteiger partial charge in [-0.2, -0.15) is 11.3 Å². The number of alkyl halides is 1. The maximum atomic E-state index is 13.6. The molecule has 0 aliphatic carbocycles. The summed E-state index contributed by atoms with van der Waals surface area (Å²) in [6.45, 7) is 1.64. The highest BCUT2D eigenvalue weighted by atomic mass is 35.5. The molecule has 0 saturated carbocycles. The third kappa shape index (κ3) is 5.97. The molecule has 0 fully saturated rings. The van der Waals surface area contributed by atoms with E-state index >= 15 is 0 Å². The van der Waals surface area contributed by atoms with Gasteiger partial charge in [0.25, 0.3) is 5.91 Å². The number of anilines is 1. The molecule has 3 aliphatic heterocycles. The van der Waals surface area contributed by atoms with Gasteiger partial charge < -0.3 is 29.1 Å². The number of phenols is 1. The summed E-state index contributed by atoms with van der Waals surface area (Å²) >= 11 is 7.97. The number of fused-ring (bicyclic) bond motifs is 5. The summed E-state index contributed by atoms with van der Waals surface area (Å²) in [5.41, 5.74) is 5.11. The van der Waals surface area contributed by atoms with Crippen LogP contribution >= 0.6 is 22.9 Å². The number of aromatic hydroxyl groups is 1. The number of hydrogen-bond donors (Lipinski definition) is 1. The van der Waals surface area contributed by atoms with Crippen molar-refractivity contribution in [1.29, 1.82) is 0 Å². The van der Waals surface area contributed by atoms with E-state index < -0.39 is 0 Å². The first-order valence-electron chi connectivity index (χ1n) is 15.6. The predicted molar refractivity (Wildman–Crippen MR) is 185 cm³/mol. The number of aliphatic imine (C=N–C) groups is 1. The molecule has 7 rings (SSSR count). The van der Waals surface area contributed by atoms with Gasteiger partial charge in [0, 0.05) is 48.6 Å². The van der Waals surface area contributed by atoms with Crippen molar-refractivity contribution < 1.29 is 28.9 Å². The maximum absolute atomic E-state index is 13.6. The topological polar surface area (TPSA) is 101 Å². The average molecular weight is 672 g/mol. The molecule has 0 radical (unpaired) electrons. The number of ether oxygens (including phenoxy) is 3. The summed E-state index contributed by atoms with van der Waals surface area (Å²) in [6.07, 6.45) is 4.83.